The molecule has 0 saturated carbocycles. The number of aromatic amines is 1. The first-order valence-corrected chi connectivity index (χ1v) is 8.54. The quantitative estimate of drug-likeness (QED) is 0.938. The number of piperidine rings is 1. The molecule has 1 N–H and O–H groups in total. The van der Waals surface area contributed by atoms with Gasteiger partial charge in [0.1, 0.15) is 6.61 Å². The second-order valence-corrected chi connectivity index (χ2v) is 6.53. The lowest BCUT2D eigenvalue weighted by molar-refractivity contribution is 0.216. The summed E-state index contributed by atoms with van der Waals surface area (Å²) in [5.74, 6) is 2.29. The third-order valence-corrected chi connectivity index (χ3v) is 4.97. The molecule has 0 radical (unpaired) electrons. The van der Waals surface area contributed by atoms with Crippen molar-refractivity contribution >= 4 is 6.08 Å². The second kappa shape index (κ2) is 6.69. The molecule has 5 nitrogen and oxygen atoms in total. The Morgan fingerprint density at radius 2 is 2.17 bits per heavy atom. The Labute approximate surface area is 142 Å². The fraction of sp³-hybridized carbons (Fsp3) is 0.421. The lowest BCUT2D eigenvalue weighted by atomic mass is 9.93. The van der Waals surface area contributed by atoms with Crippen LogP contribution in [0.5, 0.6) is 11.5 Å². The summed E-state index contributed by atoms with van der Waals surface area (Å²) in [5, 5.41) is 7.18. The molecule has 5 heteroatoms. The number of hydrogen-bond acceptors (Lipinski definition) is 4. The largest absolute Gasteiger partial charge is 0.493 e. The molecule has 1 saturated heterocycles. The Morgan fingerprint density at radius 3 is 2.92 bits per heavy atom. The van der Waals surface area contributed by atoms with Crippen molar-refractivity contribution in [2.75, 3.05) is 33.4 Å². The van der Waals surface area contributed by atoms with Gasteiger partial charge < -0.3 is 9.47 Å². The Bertz CT molecular complexity index is 716. The average Bonchev–Trinajstić information content (AvgIpc) is 3.16. The first kappa shape index (κ1) is 15.3. The topological polar surface area (TPSA) is 50.4 Å². The van der Waals surface area contributed by atoms with Crippen LogP contribution in [0.4, 0.5) is 0 Å². The molecule has 0 spiro atoms. The highest BCUT2D eigenvalue weighted by molar-refractivity contribution is 5.66. The van der Waals surface area contributed by atoms with Crippen LogP contribution in [0.15, 0.2) is 36.0 Å². The van der Waals surface area contributed by atoms with Crippen molar-refractivity contribution in [3.63, 3.8) is 0 Å². The number of hydrogen-bond donors (Lipinski definition) is 1. The highest BCUT2D eigenvalue weighted by Gasteiger charge is 2.23. The van der Waals surface area contributed by atoms with Crippen LogP contribution in [0, 0.1) is 0 Å². The standard InChI is InChI=1S/C19H23N3O2/c1-23-18-4-2-3-16-11-14(13-24-19(16)18)12-22-9-6-15(7-10-22)17-5-8-20-21-17/h2-5,8,11,15H,6-7,9-10,12-13H2,1H3,(H,20,21). The van der Waals surface area contributed by atoms with Crippen LogP contribution in [0.3, 0.4) is 0 Å². The Balaban J connectivity index is 1.39. The maximum absolute atomic E-state index is 5.95. The molecule has 0 unspecified atom stereocenters. The Hall–Kier alpha value is -2.27. The lowest BCUT2D eigenvalue weighted by Gasteiger charge is -2.32. The zero-order valence-electron chi connectivity index (χ0n) is 14.0. The maximum atomic E-state index is 5.95. The van der Waals surface area contributed by atoms with Crippen molar-refractivity contribution < 1.29 is 9.47 Å². The molecular formula is C19H23N3O2. The van der Waals surface area contributed by atoms with E-state index < -0.39 is 0 Å². The van der Waals surface area contributed by atoms with Crippen LogP contribution >= 0.6 is 0 Å². The van der Waals surface area contributed by atoms with Gasteiger partial charge in [0.05, 0.1) is 7.11 Å². The van der Waals surface area contributed by atoms with Gasteiger partial charge in [-0.3, -0.25) is 10.00 Å². The number of ether oxygens (including phenoxy) is 2. The number of rotatable bonds is 4. The van der Waals surface area contributed by atoms with Gasteiger partial charge in [-0.05, 0) is 49.7 Å². The minimum Gasteiger partial charge on any atom is -0.493 e. The predicted octanol–water partition coefficient (Wildman–Crippen LogP) is 3.07. The summed E-state index contributed by atoms with van der Waals surface area (Å²) < 4.78 is 11.3. The second-order valence-electron chi connectivity index (χ2n) is 6.53. The lowest BCUT2D eigenvalue weighted by Crippen LogP contribution is -2.35. The number of fused-ring (bicyclic) bond motifs is 1. The molecule has 2 aliphatic rings. The molecule has 126 valence electrons. The summed E-state index contributed by atoms with van der Waals surface area (Å²) in [6, 6.07) is 8.14. The molecular weight excluding hydrogens is 302 g/mol. The van der Waals surface area contributed by atoms with Crippen LogP contribution in [0.25, 0.3) is 6.08 Å². The maximum Gasteiger partial charge on any atom is 0.168 e. The molecule has 1 aromatic carbocycles. The van der Waals surface area contributed by atoms with Crippen LogP contribution in [0.1, 0.15) is 30.0 Å². The number of nitrogens with one attached hydrogen (secondary N) is 1. The van der Waals surface area contributed by atoms with Crippen molar-refractivity contribution in [2.45, 2.75) is 18.8 Å². The number of benzene rings is 1. The SMILES string of the molecule is COc1cccc2c1OCC(CN1CCC(c3ccn[nH]3)CC1)=C2. The molecule has 1 fully saturated rings. The van der Waals surface area contributed by atoms with Crippen LogP contribution in [-0.2, 0) is 0 Å². The van der Waals surface area contributed by atoms with Gasteiger partial charge in [0.2, 0.25) is 0 Å². The van der Waals surface area contributed by atoms with E-state index in [0.717, 1.165) is 36.7 Å². The third-order valence-electron chi connectivity index (χ3n) is 4.97. The minimum absolute atomic E-state index is 0.616. The highest BCUT2D eigenvalue weighted by atomic mass is 16.5. The molecule has 24 heavy (non-hydrogen) atoms. The van der Waals surface area contributed by atoms with Gasteiger partial charge in [-0.2, -0.15) is 5.10 Å². The number of likely N-dealkylation sites (tertiary alicyclic amines) is 1. The van der Waals surface area contributed by atoms with E-state index in [9.17, 15) is 0 Å². The number of para-hydroxylation sites is 1. The van der Waals surface area contributed by atoms with Gasteiger partial charge in [-0.1, -0.05) is 12.1 Å². The van der Waals surface area contributed by atoms with Gasteiger partial charge >= 0.3 is 0 Å². The number of methoxy groups -OCH3 is 1. The molecule has 0 aliphatic carbocycles. The Morgan fingerprint density at radius 1 is 1.29 bits per heavy atom. The normalized spacial score (nSPS) is 18.6. The first-order chi connectivity index (χ1) is 11.8. The van der Waals surface area contributed by atoms with Gasteiger partial charge in [0.15, 0.2) is 11.5 Å². The van der Waals surface area contributed by atoms with Crippen LogP contribution < -0.4 is 9.47 Å². The third kappa shape index (κ3) is 3.04. The summed E-state index contributed by atoms with van der Waals surface area (Å²) >= 11 is 0. The molecule has 0 atom stereocenters. The van der Waals surface area contributed by atoms with Crippen LogP contribution in [-0.4, -0.2) is 48.4 Å². The zero-order valence-corrected chi connectivity index (χ0v) is 14.0. The molecule has 3 heterocycles. The molecule has 2 aliphatic heterocycles. The van der Waals surface area contributed by atoms with Crippen molar-refractivity contribution in [3.8, 4) is 11.5 Å². The van der Waals surface area contributed by atoms with E-state index in [0.29, 0.717) is 12.5 Å². The van der Waals surface area contributed by atoms with Crippen molar-refractivity contribution in [3.05, 3.63) is 47.3 Å². The van der Waals surface area contributed by atoms with Crippen molar-refractivity contribution in [2.24, 2.45) is 0 Å². The van der Waals surface area contributed by atoms with E-state index in [1.165, 1.54) is 24.1 Å². The zero-order chi connectivity index (χ0) is 16.4. The summed E-state index contributed by atoms with van der Waals surface area (Å²) in [6.45, 7) is 3.86. The van der Waals surface area contributed by atoms with E-state index >= 15 is 0 Å². The smallest absolute Gasteiger partial charge is 0.168 e. The Kier molecular flexibility index (Phi) is 4.26. The van der Waals surface area contributed by atoms with Gasteiger partial charge in [0, 0.05) is 29.9 Å². The van der Waals surface area contributed by atoms with E-state index in [1.807, 2.05) is 18.3 Å². The molecule has 2 aromatic rings. The fourth-order valence-corrected chi connectivity index (χ4v) is 3.66. The molecule has 4 rings (SSSR count). The number of H-pyrrole nitrogens is 1. The monoisotopic (exact) mass is 325 g/mol. The van der Waals surface area contributed by atoms with Gasteiger partial charge in [-0.15, -0.1) is 0 Å². The summed E-state index contributed by atoms with van der Waals surface area (Å²) in [5.41, 5.74) is 3.72. The van der Waals surface area contributed by atoms with E-state index in [2.05, 4.69) is 33.3 Å². The van der Waals surface area contributed by atoms with Gasteiger partial charge in [-0.25, -0.2) is 0 Å². The number of aromatic nitrogens is 2. The van der Waals surface area contributed by atoms with E-state index in [1.54, 1.807) is 7.11 Å². The van der Waals surface area contributed by atoms with Crippen molar-refractivity contribution in [1.29, 1.82) is 0 Å². The fourth-order valence-electron chi connectivity index (χ4n) is 3.66. The molecule has 0 bridgehead atoms. The summed E-state index contributed by atoms with van der Waals surface area (Å²) in [7, 11) is 1.68. The molecule has 1 aromatic heterocycles. The van der Waals surface area contributed by atoms with Gasteiger partial charge in [0.25, 0.3) is 0 Å². The summed E-state index contributed by atoms with van der Waals surface area (Å²) in [4.78, 5) is 2.52. The molecule has 0 amide bonds. The van der Waals surface area contributed by atoms with Crippen molar-refractivity contribution in [1.82, 2.24) is 15.1 Å². The average molecular weight is 325 g/mol. The highest BCUT2D eigenvalue weighted by Crippen LogP contribution is 2.36. The van der Waals surface area contributed by atoms with E-state index in [-0.39, 0.29) is 0 Å². The predicted molar refractivity (Wildman–Crippen MR) is 93.5 cm³/mol. The number of nitrogens with zero attached hydrogens (tertiary/aromatic N) is 2. The summed E-state index contributed by atoms with van der Waals surface area (Å²) in [6.07, 6.45) is 6.46. The minimum atomic E-state index is 0.616. The van der Waals surface area contributed by atoms with E-state index in [4.69, 9.17) is 9.47 Å². The van der Waals surface area contributed by atoms with Crippen LogP contribution in [0.2, 0.25) is 0 Å². The first-order valence-electron chi connectivity index (χ1n) is 8.54.